The highest BCUT2D eigenvalue weighted by Gasteiger charge is 1.95. The minimum atomic E-state index is -1.27. The summed E-state index contributed by atoms with van der Waals surface area (Å²) in [6.45, 7) is 2.96. The summed E-state index contributed by atoms with van der Waals surface area (Å²) in [4.78, 5) is 20.5. The van der Waals surface area contributed by atoms with Crippen LogP contribution in [0.25, 0.3) is 0 Å². The number of aliphatic carboxylic acids is 1. The maximum absolute atomic E-state index is 10.4. The van der Waals surface area contributed by atoms with Gasteiger partial charge in [0.15, 0.2) is 5.78 Å². The van der Waals surface area contributed by atoms with E-state index in [0.29, 0.717) is 6.42 Å². The van der Waals surface area contributed by atoms with Gasteiger partial charge in [-0.3, -0.25) is 4.79 Å². The maximum Gasteiger partial charge on any atom is 0.152 e. The lowest BCUT2D eigenvalue weighted by Gasteiger charge is -2.02. The van der Waals surface area contributed by atoms with E-state index in [-0.39, 0.29) is 11.4 Å². The van der Waals surface area contributed by atoms with Gasteiger partial charge in [-0.2, -0.15) is 0 Å². The number of hydrogen-bond acceptors (Lipinski definition) is 3. The minimum absolute atomic E-state index is 0.0486. The minimum Gasteiger partial charge on any atom is -0.545 e. The van der Waals surface area contributed by atoms with Crippen molar-refractivity contribution >= 4 is 11.8 Å². The smallest absolute Gasteiger partial charge is 0.152 e. The molecule has 3 heteroatoms. The van der Waals surface area contributed by atoms with Crippen molar-refractivity contribution in [3.63, 3.8) is 0 Å². The van der Waals surface area contributed by atoms with E-state index in [9.17, 15) is 14.7 Å². The van der Waals surface area contributed by atoms with Crippen molar-refractivity contribution in [1.82, 2.24) is 0 Å². The molecule has 0 aromatic heterocycles. The second kappa shape index (κ2) is 3.82. The van der Waals surface area contributed by atoms with Crippen molar-refractivity contribution in [2.75, 3.05) is 0 Å². The van der Waals surface area contributed by atoms with E-state index in [0.717, 1.165) is 6.08 Å². The standard InChI is InChI=1S/C7H10O3/c1-3-6(7(9)10)4-5(2)8/h4H,3H2,1-2H3,(H,9,10)/p-1/b6-4-. The molecule has 0 aromatic rings. The van der Waals surface area contributed by atoms with Crippen LogP contribution in [0.4, 0.5) is 0 Å². The quantitative estimate of drug-likeness (QED) is 0.505. The van der Waals surface area contributed by atoms with Crippen molar-refractivity contribution in [2.45, 2.75) is 20.3 Å². The molecule has 0 saturated carbocycles. The largest absolute Gasteiger partial charge is 0.545 e. The van der Waals surface area contributed by atoms with Gasteiger partial charge in [-0.05, 0) is 25.0 Å². The van der Waals surface area contributed by atoms with E-state index in [1.54, 1.807) is 6.92 Å². The number of hydrogen-bond donors (Lipinski definition) is 0. The third-order valence-corrected chi connectivity index (χ3v) is 1.02. The van der Waals surface area contributed by atoms with Crippen LogP contribution in [0.1, 0.15) is 20.3 Å². The molecule has 0 saturated heterocycles. The molecule has 0 bridgehead atoms. The fourth-order valence-electron chi connectivity index (χ4n) is 0.551. The first-order valence-corrected chi connectivity index (χ1v) is 3.00. The van der Waals surface area contributed by atoms with Crippen LogP contribution < -0.4 is 5.11 Å². The highest BCUT2D eigenvalue weighted by Crippen LogP contribution is 1.97. The Bertz CT molecular complexity index is 179. The summed E-state index contributed by atoms with van der Waals surface area (Å²) >= 11 is 0. The number of carbonyl (C=O) groups excluding carboxylic acids is 2. The predicted molar refractivity (Wildman–Crippen MR) is 34.1 cm³/mol. The van der Waals surface area contributed by atoms with E-state index < -0.39 is 5.97 Å². The molecule has 0 atom stereocenters. The molecule has 0 aliphatic carbocycles. The zero-order valence-electron chi connectivity index (χ0n) is 6.01. The molecule has 0 aliphatic rings. The normalized spacial score (nSPS) is 11.2. The number of carboxylic acid groups (broad SMARTS) is 1. The van der Waals surface area contributed by atoms with Crippen molar-refractivity contribution in [2.24, 2.45) is 0 Å². The number of carboxylic acids is 1. The number of allylic oxidation sites excluding steroid dienone is 1. The molecule has 0 rings (SSSR count). The molecule has 0 radical (unpaired) electrons. The Morgan fingerprint density at radius 2 is 2.00 bits per heavy atom. The van der Waals surface area contributed by atoms with Crippen molar-refractivity contribution in [3.8, 4) is 0 Å². The first kappa shape index (κ1) is 8.88. The van der Waals surface area contributed by atoms with Gasteiger partial charge < -0.3 is 9.90 Å². The maximum atomic E-state index is 10.4. The van der Waals surface area contributed by atoms with Gasteiger partial charge in [-0.25, -0.2) is 0 Å². The van der Waals surface area contributed by atoms with E-state index in [1.807, 2.05) is 0 Å². The van der Waals surface area contributed by atoms with Crippen molar-refractivity contribution in [1.29, 1.82) is 0 Å². The third-order valence-electron chi connectivity index (χ3n) is 1.02. The van der Waals surface area contributed by atoms with Crippen LogP contribution >= 0.6 is 0 Å². The van der Waals surface area contributed by atoms with E-state index in [4.69, 9.17) is 0 Å². The average Bonchev–Trinajstić information content (AvgIpc) is 1.81. The van der Waals surface area contributed by atoms with Crippen LogP contribution in [0, 0.1) is 0 Å². The molecular formula is C7H9O3-. The van der Waals surface area contributed by atoms with Crippen LogP contribution in [-0.2, 0) is 9.59 Å². The van der Waals surface area contributed by atoms with Gasteiger partial charge in [-0.15, -0.1) is 0 Å². The summed E-state index contributed by atoms with van der Waals surface area (Å²) in [5.41, 5.74) is 0.0486. The molecule has 0 aliphatic heterocycles. The zero-order chi connectivity index (χ0) is 8.15. The van der Waals surface area contributed by atoms with Crippen LogP contribution in [0.5, 0.6) is 0 Å². The van der Waals surface area contributed by atoms with Gasteiger partial charge in [0.2, 0.25) is 0 Å². The Kier molecular flexibility index (Phi) is 3.39. The van der Waals surface area contributed by atoms with Gasteiger partial charge in [0.05, 0.1) is 5.97 Å². The van der Waals surface area contributed by atoms with Gasteiger partial charge in [0.1, 0.15) is 0 Å². The molecule has 0 heterocycles. The summed E-state index contributed by atoms with van der Waals surface area (Å²) in [5, 5.41) is 10.1. The number of ketones is 1. The van der Waals surface area contributed by atoms with Crippen molar-refractivity contribution in [3.05, 3.63) is 11.6 Å². The summed E-state index contributed by atoms with van der Waals surface area (Å²) in [7, 11) is 0. The van der Waals surface area contributed by atoms with Crippen LogP contribution in [-0.4, -0.2) is 11.8 Å². The van der Waals surface area contributed by atoms with Crippen LogP contribution in [0.2, 0.25) is 0 Å². The summed E-state index contributed by atoms with van der Waals surface area (Å²) in [5.74, 6) is -1.53. The molecule has 0 amide bonds. The van der Waals surface area contributed by atoms with Gasteiger partial charge in [-0.1, -0.05) is 6.92 Å². The molecule has 0 aromatic carbocycles. The Morgan fingerprint density at radius 1 is 1.50 bits per heavy atom. The number of carbonyl (C=O) groups is 2. The third kappa shape index (κ3) is 3.02. The molecule has 0 N–H and O–H groups in total. The SMILES string of the molecule is CC/C(=C/C(C)=O)C(=O)[O-]. The van der Waals surface area contributed by atoms with Gasteiger partial charge >= 0.3 is 0 Å². The molecule has 10 heavy (non-hydrogen) atoms. The van der Waals surface area contributed by atoms with Gasteiger partial charge in [0, 0.05) is 0 Å². The lowest BCUT2D eigenvalue weighted by atomic mass is 10.2. The first-order chi connectivity index (χ1) is 4.57. The molecule has 0 fully saturated rings. The molecule has 0 unspecified atom stereocenters. The summed E-state index contributed by atoms with van der Waals surface area (Å²) < 4.78 is 0. The Labute approximate surface area is 59.4 Å². The molecular weight excluding hydrogens is 132 g/mol. The lowest BCUT2D eigenvalue weighted by Crippen LogP contribution is -2.24. The Morgan fingerprint density at radius 3 is 2.10 bits per heavy atom. The fraction of sp³-hybridized carbons (Fsp3) is 0.429. The molecule has 56 valence electrons. The highest BCUT2D eigenvalue weighted by molar-refractivity contribution is 5.96. The molecule has 0 spiro atoms. The van der Waals surface area contributed by atoms with E-state index >= 15 is 0 Å². The Hall–Kier alpha value is -1.12. The van der Waals surface area contributed by atoms with Crippen LogP contribution in [0.15, 0.2) is 11.6 Å². The van der Waals surface area contributed by atoms with E-state index in [2.05, 4.69) is 0 Å². The fourth-order valence-corrected chi connectivity index (χ4v) is 0.551. The summed E-state index contributed by atoms with van der Waals surface area (Å²) in [6.07, 6.45) is 1.40. The van der Waals surface area contributed by atoms with Crippen LogP contribution in [0.3, 0.4) is 0 Å². The van der Waals surface area contributed by atoms with E-state index in [1.165, 1.54) is 6.92 Å². The van der Waals surface area contributed by atoms with Crippen molar-refractivity contribution < 1.29 is 14.7 Å². The zero-order valence-corrected chi connectivity index (χ0v) is 6.01. The predicted octanol–water partition coefficient (Wildman–Crippen LogP) is -0.338. The summed E-state index contributed by atoms with van der Waals surface area (Å²) in [6, 6.07) is 0. The monoisotopic (exact) mass is 141 g/mol. The average molecular weight is 141 g/mol. The molecule has 3 nitrogen and oxygen atoms in total. The highest BCUT2D eigenvalue weighted by atomic mass is 16.4. The number of rotatable bonds is 3. The lowest BCUT2D eigenvalue weighted by molar-refractivity contribution is -0.299. The van der Waals surface area contributed by atoms with Gasteiger partial charge in [0.25, 0.3) is 0 Å². The topological polar surface area (TPSA) is 57.2 Å². The second-order valence-electron chi connectivity index (χ2n) is 1.92. The Balaban J connectivity index is 4.34. The first-order valence-electron chi connectivity index (χ1n) is 3.00. The second-order valence-corrected chi connectivity index (χ2v) is 1.92.